The fourth-order valence-electron chi connectivity index (χ4n) is 5.01. The highest BCUT2D eigenvalue weighted by molar-refractivity contribution is 6.20. The van der Waals surface area contributed by atoms with Gasteiger partial charge < -0.3 is 15.7 Å². The number of rotatable bonds is 6. The van der Waals surface area contributed by atoms with Crippen LogP contribution in [-0.4, -0.2) is 47.3 Å². The number of carbonyl (C=O) groups is 1. The van der Waals surface area contributed by atoms with Gasteiger partial charge in [-0.2, -0.15) is 0 Å². The number of allylic oxidation sites excluding steroid dienone is 3. The summed E-state index contributed by atoms with van der Waals surface area (Å²) in [6.07, 6.45) is 17.0. The first-order valence-electron chi connectivity index (χ1n) is 11.0. The SMILES string of the molecule is CC(C)[C@@H](NCC1C=CC=CC1)C(=O)N1CCC(C2CCC(Cl)CC2)CC1.O. The van der Waals surface area contributed by atoms with E-state index in [2.05, 4.69) is 48.4 Å². The molecule has 0 radical (unpaired) electrons. The smallest absolute Gasteiger partial charge is 0.239 e. The summed E-state index contributed by atoms with van der Waals surface area (Å²) in [4.78, 5) is 15.3. The molecule has 1 heterocycles. The van der Waals surface area contributed by atoms with Gasteiger partial charge in [0.05, 0.1) is 6.04 Å². The molecule has 1 unspecified atom stereocenters. The van der Waals surface area contributed by atoms with Crippen LogP contribution < -0.4 is 5.32 Å². The Morgan fingerprint density at radius 1 is 1.07 bits per heavy atom. The maximum atomic E-state index is 13.2. The molecule has 0 aromatic heterocycles. The summed E-state index contributed by atoms with van der Waals surface area (Å²) in [7, 11) is 0. The van der Waals surface area contributed by atoms with Gasteiger partial charge in [-0.3, -0.25) is 4.79 Å². The van der Waals surface area contributed by atoms with Gasteiger partial charge in [-0.15, -0.1) is 11.6 Å². The first kappa shape index (κ1) is 23.4. The molecule has 5 heteroatoms. The molecular weight excluding hydrogens is 372 g/mol. The molecule has 3 N–H and O–H groups in total. The highest BCUT2D eigenvalue weighted by atomic mass is 35.5. The van der Waals surface area contributed by atoms with Gasteiger partial charge >= 0.3 is 0 Å². The van der Waals surface area contributed by atoms with Gasteiger partial charge in [-0.25, -0.2) is 0 Å². The topological polar surface area (TPSA) is 63.8 Å². The van der Waals surface area contributed by atoms with Gasteiger partial charge in [0.15, 0.2) is 0 Å². The van der Waals surface area contributed by atoms with Gasteiger partial charge in [-0.05, 0) is 68.6 Å². The van der Waals surface area contributed by atoms with E-state index < -0.39 is 0 Å². The lowest BCUT2D eigenvalue weighted by Gasteiger charge is -2.40. The third-order valence-corrected chi connectivity index (χ3v) is 7.26. The number of alkyl halides is 1. The van der Waals surface area contributed by atoms with E-state index in [0.717, 1.165) is 37.9 Å². The lowest BCUT2D eigenvalue weighted by molar-refractivity contribution is -0.136. The molecule has 1 saturated heterocycles. The minimum absolute atomic E-state index is 0. The van der Waals surface area contributed by atoms with E-state index in [1.807, 2.05) is 0 Å². The molecule has 28 heavy (non-hydrogen) atoms. The number of likely N-dealkylation sites (tertiary alicyclic amines) is 1. The summed E-state index contributed by atoms with van der Waals surface area (Å²) in [5, 5.41) is 3.97. The highest BCUT2D eigenvalue weighted by Gasteiger charge is 2.33. The normalized spacial score (nSPS) is 29.6. The molecule has 2 atom stereocenters. The predicted molar refractivity (Wildman–Crippen MR) is 118 cm³/mol. The lowest BCUT2D eigenvalue weighted by atomic mass is 9.75. The van der Waals surface area contributed by atoms with Crippen LogP contribution in [0.25, 0.3) is 0 Å². The molecule has 0 aromatic carbocycles. The van der Waals surface area contributed by atoms with Crippen LogP contribution in [0, 0.1) is 23.7 Å². The number of amides is 1. The Labute approximate surface area is 176 Å². The monoisotopic (exact) mass is 410 g/mol. The van der Waals surface area contributed by atoms with Crippen LogP contribution in [0.15, 0.2) is 24.3 Å². The van der Waals surface area contributed by atoms with Gasteiger partial charge in [0, 0.05) is 25.0 Å². The van der Waals surface area contributed by atoms with Crippen molar-refractivity contribution in [3.8, 4) is 0 Å². The highest BCUT2D eigenvalue weighted by Crippen LogP contribution is 2.37. The summed E-state index contributed by atoms with van der Waals surface area (Å²) in [5.74, 6) is 2.76. The van der Waals surface area contributed by atoms with Gasteiger partial charge in [0.1, 0.15) is 0 Å². The first-order chi connectivity index (χ1) is 13.0. The quantitative estimate of drug-likeness (QED) is 0.674. The zero-order chi connectivity index (χ0) is 19.2. The van der Waals surface area contributed by atoms with Crippen molar-refractivity contribution in [2.75, 3.05) is 19.6 Å². The second-order valence-electron chi connectivity index (χ2n) is 9.11. The van der Waals surface area contributed by atoms with Gasteiger partial charge in [0.25, 0.3) is 0 Å². The third-order valence-electron chi connectivity index (χ3n) is 6.82. The minimum Gasteiger partial charge on any atom is -0.412 e. The predicted octanol–water partition coefficient (Wildman–Crippen LogP) is 3.94. The molecule has 4 nitrogen and oxygen atoms in total. The number of nitrogens with one attached hydrogen (secondary N) is 1. The van der Waals surface area contributed by atoms with E-state index in [-0.39, 0.29) is 11.5 Å². The van der Waals surface area contributed by atoms with E-state index in [9.17, 15) is 4.79 Å². The van der Waals surface area contributed by atoms with Crippen molar-refractivity contribution >= 4 is 17.5 Å². The summed E-state index contributed by atoms with van der Waals surface area (Å²) < 4.78 is 0. The maximum absolute atomic E-state index is 13.2. The van der Waals surface area contributed by atoms with Crippen molar-refractivity contribution in [1.82, 2.24) is 10.2 Å². The number of hydrogen-bond acceptors (Lipinski definition) is 2. The van der Waals surface area contributed by atoms with Crippen LogP contribution in [0.4, 0.5) is 0 Å². The van der Waals surface area contributed by atoms with Crippen molar-refractivity contribution in [2.45, 2.75) is 70.2 Å². The third kappa shape index (κ3) is 6.33. The van der Waals surface area contributed by atoms with Crippen LogP contribution >= 0.6 is 11.6 Å². The average molecular weight is 411 g/mol. The summed E-state index contributed by atoms with van der Waals surface area (Å²) in [6, 6.07) is -0.0625. The van der Waals surface area contributed by atoms with Crippen molar-refractivity contribution in [3.63, 3.8) is 0 Å². The van der Waals surface area contributed by atoms with E-state index in [1.54, 1.807) is 0 Å². The van der Waals surface area contributed by atoms with E-state index >= 15 is 0 Å². The van der Waals surface area contributed by atoms with Crippen LogP contribution in [0.1, 0.15) is 58.8 Å². The minimum atomic E-state index is -0.0625. The summed E-state index contributed by atoms with van der Waals surface area (Å²) in [5.41, 5.74) is 0. The molecule has 0 aromatic rings. The number of piperidine rings is 1. The Morgan fingerprint density at radius 2 is 1.71 bits per heavy atom. The van der Waals surface area contributed by atoms with Crippen LogP contribution in [0.3, 0.4) is 0 Å². The molecule has 0 spiro atoms. The van der Waals surface area contributed by atoms with Crippen molar-refractivity contribution in [2.24, 2.45) is 23.7 Å². The van der Waals surface area contributed by atoms with Crippen LogP contribution in [-0.2, 0) is 4.79 Å². The molecule has 1 amide bonds. The Kier molecular flexibility index (Phi) is 9.52. The fraction of sp³-hybridized carbons (Fsp3) is 0.783. The molecule has 0 bridgehead atoms. The molecule has 160 valence electrons. The largest absolute Gasteiger partial charge is 0.412 e. The maximum Gasteiger partial charge on any atom is 0.239 e. The molecule has 3 aliphatic rings. The van der Waals surface area contributed by atoms with E-state index in [1.165, 1.54) is 38.5 Å². The average Bonchev–Trinajstić information content (AvgIpc) is 2.69. The molecule has 1 aliphatic heterocycles. The Hall–Kier alpha value is -0.840. The van der Waals surface area contributed by atoms with Gasteiger partial charge in [-0.1, -0.05) is 38.2 Å². The number of hydrogen-bond donors (Lipinski definition) is 1. The van der Waals surface area contributed by atoms with Crippen LogP contribution in [0.5, 0.6) is 0 Å². The zero-order valence-corrected chi connectivity index (χ0v) is 18.3. The summed E-state index contributed by atoms with van der Waals surface area (Å²) in [6.45, 7) is 7.06. The van der Waals surface area contributed by atoms with Crippen LogP contribution in [0.2, 0.25) is 0 Å². The molecule has 1 saturated carbocycles. The van der Waals surface area contributed by atoms with E-state index in [4.69, 9.17) is 11.6 Å². The van der Waals surface area contributed by atoms with Crippen molar-refractivity contribution < 1.29 is 10.3 Å². The molecular formula is C23H39ClN2O2. The van der Waals surface area contributed by atoms with E-state index in [0.29, 0.717) is 23.1 Å². The Bertz CT molecular complexity index is 533. The van der Waals surface area contributed by atoms with Gasteiger partial charge in [0.2, 0.25) is 5.91 Å². The summed E-state index contributed by atoms with van der Waals surface area (Å²) >= 11 is 6.27. The standard InChI is InChI=1S/C23H37ClN2O.H2O/c1-17(2)22(25-16-18-6-4-3-5-7-18)23(27)26-14-12-20(13-15-26)19-8-10-21(24)11-9-19;/h3-6,17-22,25H,7-16H2,1-2H3;1H2/t18?,19?,21?,22-;/m1./s1. The Morgan fingerprint density at radius 3 is 2.29 bits per heavy atom. The second-order valence-corrected chi connectivity index (χ2v) is 9.73. The molecule has 2 aliphatic carbocycles. The number of carbonyl (C=O) groups excluding carboxylic acids is 1. The first-order valence-corrected chi connectivity index (χ1v) is 11.5. The zero-order valence-electron chi connectivity index (χ0n) is 17.6. The lowest BCUT2D eigenvalue weighted by Crippen LogP contribution is -2.52. The molecule has 2 fully saturated rings. The molecule has 3 rings (SSSR count). The second kappa shape index (κ2) is 11.4. The number of halogens is 1. The number of nitrogens with zero attached hydrogens (tertiary/aromatic N) is 1. The van der Waals surface area contributed by atoms with Crippen molar-refractivity contribution in [3.05, 3.63) is 24.3 Å². The Balaban J connectivity index is 0.00000280. The van der Waals surface area contributed by atoms with Crippen molar-refractivity contribution in [1.29, 1.82) is 0 Å². The fourth-order valence-corrected chi connectivity index (χ4v) is 5.26.